The number of halogens is 1. The van der Waals surface area contributed by atoms with Gasteiger partial charge in [0.15, 0.2) is 0 Å². The molecule has 3 aromatic rings. The lowest BCUT2D eigenvalue weighted by Crippen LogP contribution is -2.01. The molecule has 4 nitrogen and oxygen atoms in total. The summed E-state index contributed by atoms with van der Waals surface area (Å²) in [5.41, 5.74) is 3.31. The van der Waals surface area contributed by atoms with Gasteiger partial charge in [0.25, 0.3) is 0 Å². The fourth-order valence-corrected chi connectivity index (χ4v) is 2.82. The van der Waals surface area contributed by atoms with Gasteiger partial charge in [-0.3, -0.25) is 4.79 Å². The molecule has 0 spiro atoms. The molecule has 0 aliphatic carbocycles. The fraction of sp³-hybridized carbons (Fsp3) is 0.263. The van der Waals surface area contributed by atoms with E-state index in [-0.39, 0.29) is 12.2 Å². The largest absolute Gasteiger partial charge is 0.481 e. The smallest absolute Gasteiger partial charge is 0.307 e. The lowest BCUT2D eigenvalue weighted by molar-refractivity contribution is -0.136. The number of hydrogen-bond donors (Lipinski definition) is 1. The highest BCUT2D eigenvalue weighted by atomic mass is 19.1. The van der Waals surface area contributed by atoms with Gasteiger partial charge in [-0.15, -0.1) is 0 Å². The third-order valence-electron chi connectivity index (χ3n) is 4.01. The lowest BCUT2D eigenvalue weighted by Gasteiger charge is -2.09. The van der Waals surface area contributed by atoms with Crippen molar-refractivity contribution in [2.45, 2.75) is 32.7 Å². The molecule has 3 rings (SSSR count). The van der Waals surface area contributed by atoms with Crippen molar-refractivity contribution in [1.82, 2.24) is 9.55 Å². The molecule has 1 heterocycles. The summed E-state index contributed by atoms with van der Waals surface area (Å²) < 4.78 is 15.3. The molecular weight excluding hydrogens is 307 g/mol. The van der Waals surface area contributed by atoms with Crippen molar-refractivity contribution in [1.29, 1.82) is 0 Å². The molecular formula is C19H19FN2O2. The maximum atomic E-state index is 13.2. The van der Waals surface area contributed by atoms with E-state index >= 15 is 0 Å². The Morgan fingerprint density at radius 3 is 2.62 bits per heavy atom. The maximum Gasteiger partial charge on any atom is 0.307 e. The maximum absolute atomic E-state index is 13.2. The second kappa shape index (κ2) is 6.83. The van der Waals surface area contributed by atoms with Crippen molar-refractivity contribution in [3.8, 4) is 11.4 Å². The minimum Gasteiger partial charge on any atom is -0.481 e. The average molecular weight is 326 g/mol. The first-order valence-electron chi connectivity index (χ1n) is 8.05. The van der Waals surface area contributed by atoms with E-state index in [0.29, 0.717) is 0 Å². The molecule has 0 fully saturated rings. The molecule has 0 bridgehead atoms. The fourth-order valence-electron chi connectivity index (χ4n) is 2.82. The number of fused-ring (bicyclic) bond motifs is 1. The topological polar surface area (TPSA) is 55.1 Å². The number of carboxylic acid groups (broad SMARTS) is 1. The van der Waals surface area contributed by atoms with E-state index in [1.54, 1.807) is 12.1 Å². The van der Waals surface area contributed by atoms with E-state index in [4.69, 9.17) is 5.11 Å². The van der Waals surface area contributed by atoms with Gasteiger partial charge in [-0.05, 0) is 48.4 Å². The standard InChI is InChI=1S/C19H19FN2O2/c1-2-3-10-22-17-9-4-13(12-18(23)24)11-16(17)21-19(22)14-5-7-15(20)8-6-14/h4-9,11H,2-3,10,12H2,1H3,(H,23,24). The average Bonchev–Trinajstić information content (AvgIpc) is 2.90. The Morgan fingerprint density at radius 1 is 1.21 bits per heavy atom. The minimum atomic E-state index is -0.862. The molecule has 0 atom stereocenters. The Hall–Kier alpha value is -2.69. The van der Waals surface area contributed by atoms with Crippen LogP contribution in [0.3, 0.4) is 0 Å². The predicted octanol–water partition coefficient (Wildman–Crippen LogP) is 4.27. The molecule has 0 aliphatic rings. The van der Waals surface area contributed by atoms with Crippen molar-refractivity contribution < 1.29 is 14.3 Å². The first-order chi connectivity index (χ1) is 11.6. The van der Waals surface area contributed by atoms with Crippen molar-refractivity contribution >= 4 is 17.0 Å². The number of hydrogen-bond acceptors (Lipinski definition) is 2. The molecule has 1 N–H and O–H groups in total. The summed E-state index contributed by atoms with van der Waals surface area (Å²) in [7, 11) is 0. The number of rotatable bonds is 6. The molecule has 0 amide bonds. The van der Waals surface area contributed by atoms with Gasteiger partial charge in [0.1, 0.15) is 11.6 Å². The molecule has 124 valence electrons. The number of nitrogens with zero attached hydrogens (tertiary/aromatic N) is 2. The van der Waals surface area contributed by atoms with Crippen LogP contribution in [-0.2, 0) is 17.8 Å². The molecule has 0 saturated heterocycles. The van der Waals surface area contributed by atoms with Gasteiger partial charge in [-0.2, -0.15) is 0 Å². The van der Waals surface area contributed by atoms with Gasteiger partial charge in [0, 0.05) is 12.1 Å². The first kappa shape index (κ1) is 16.2. The predicted molar refractivity (Wildman–Crippen MR) is 91.4 cm³/mol. The Kier molecular flexibility index (Phi) is 4.60. The minimum absolute atomic E-state index is 0.0242. The monoisotopic (exact) mass is 326 g/mol. The Morgan fingerprint density at radius 2 is 1.96 bits per heavy atom. The molecule has 24 heavy (non-hydrogen) atoms. The zero-order valence-corrected chi connectivity index (χ0v) is 13.5. The number of unbranched alkanes of at least 4 members (excludes halogenated alkanes) is 1. The van der Waals surface area contributed by atoms with Gasteiger partial charge >= 0.3 is 5.97 Å². The van der Waals surface area contributed by atoms with Crippen LogP contribution < -0.4 is 0 Å². The normalized spacial score (nSPS) is 11.1. The summed E-state index contributed by atoms with van der Waals surface area (Å²) >= 11 is 0. The van der Waals surface area contributed by atoms with E-state index < -0.39 is 5.97 Å². The summed E-state index contributed by atoms with van der Waals surface area (Å²) in [4.78, 5) is 15.6. The van der Waals surface area contributed by atoms with E-state index in [1.807, 2.05) is 18.2 Å². The zero-order chi connectivity index (χ0) is 17.1. The molecule has 0 aliphatic heterocycles. The van der Waals surface area contributed by atoms with Gasteiger partial charge in [-0.1, -0.05) is 19.4 Å². The third kappa shape index (κ3) is 3.30. The Balaban J connectivity index is 2.11. The van der Waals surface area contributed by atoms with Crippen LogP contribution in [0, 0.1) is 5.82 Å². The van der Waals surface area contributed by atoms with Crippen LogP contribution in [0.25, 0.3) is 22.4 Å². The van der Waals surface area contributed by atoms with Crippen molar-refractivity contribution in [2.75, 3.05) is 0 Å². The number of aryl methyl sites for hydroxylation is 1. The van der Waals surface area contributed by atoms with Gasteiger partial charge in [0.2, 0.25) is 0 Å². The van der Waals surface area contributed by atoms with Crippen LogP contribution in [0.5, 0.6) is 0 Å². The first-order valence-corrected chi connectivity index (χ1v) is 8.05. The van der Waals surface area contributed by atoms with Crippen LogP contribution in [0.2, 0.25) is 0 Å². The number of benzene rings is 2. The summed E-state index contributed by atoms with van der Waals surface area (Å²) in [5.74, 6) is -0.358. The summed E-state index contributed by atoms with van der Waals surface area (Å²) in [6.07, 6.45) is 2.04. The van der Waals surface area contributed by atoms with Crippen LogP contribution in [0.1, 0.15) is 25.3 Å². The van der Waals surface area contributed by atoms with Crippen LogP contribution in [0.15, 0.2) is 42.5 Å². The van der Waals surface area contributed by atoms with Gasteiger partial charge in [-0.25, -0.2) is 9.37 Å². The van der Waals surface area contributed by atoms with E-state index in [0.717, 1.165) is 47.4 Å². The molecule has 1 aromatic heterocycles. The van der Waals surface area contributed by atoms with E-state index in [9.17, 15) is 9.18 Å². The second-order valence-corrected chi connectivity index (χ2v) is 5.84. The summed E-state index contributed by atoms with van der Waals surface area (Å²) in [6, 6.07) is 11.9. The Bertz CT molecular complexity index is 869. The molecule has 0 unspecified atom stereocenters. The zero-order valence-electron chi connectivity index (χ0n) is 13.5. The van der Waals surface area contributed by atoms with Gasteiger partial charge in [0.05, 0.1) is 17.5 Å². The number of imidazole rings is 1. The lowest BCUT2D eigenvalue weighted by atomic mass is 10.1. The van der Waals surface area contributed by atoms with Gasteiger partial charge < -0.3 is 9.67 Å². The number of carboxylic acids is 1. The summed E-state index contributed by atoms with van der Waals surface area (Å²) in [6.45, 7) is 2.94. The summed E-state index contributed by atoms with van der Waals surface area (Å²) in [5, 5.41) is 8.96. The number of carbonyl (C=O) groups is 1. The van der Waals surface area contributed by atoms with E-state index in [2.05, 4.69) is 16.5 Å². The molecule has 2 aromatic carbocycles. The third-order valence-corrected chi connectivity index (χ3v) is 4.01. The highest BCUT2D eigenvalue weighted by molar-refractivity contribution is 5.82. The highest BCUT2D eigenvalue weighted by Crippen LogP contribution is 2.26. The Labute approximate surface area is 139 Å². The number of aliphatic carboxylic acids is 1. The molecule has 5 heteroatoms. The second-order valence-electron chi connectivity index (χ2n) is 5.84. The quantitative estimate of drug-likeness (QED) is 0.736. The molecule has 0 radical (unpaired) electrons. The molecule has 0 saturated carbocycles. The highest BCUT2D eigenvalue weighted by Gasteiger charge is 2.13. The van der Waals surface area contributed by atoms with Crippen molar-refractivity contribution in [3.63, 3.8) is 0 Å². The SMILES string of the molecule is CCCCn1c(-c2ccc(F)cc2)nc2cc(CC(=O)O)ccc21. The van der Waals surface area contributed by atoms with Crippen LogP contribution in [-0.4, -0.2) is 20.6 Å². The number of aromatic nitrogens is 2. The van der Waals surface area contributed by atoms with Crippen molar-refractivity contribution in [2.24, 2.45) is 0 Å². The van der Waals surface area contributed by atoms with Crippen LogP contribution >= 0.6 is 0 Å². The van der Waals surface area contributed by atoms with Crippen molar-refractivity contribution in [3.05, 3.63) is 53.8 Å². The van der Waals surface area contributed by atoms with Crippen LogP contribution in [0.4, 0.5) is 4.39 Å². The van der Waals surface area contributed by atoms with E-state index in [1.165, 1.54) is 12.1 Å².